The van der Waals surface area contributed by atoms with Crippen LogP contribution in [0.1, 0.15) is 23.7 Å². The van der Waals surface area contributed by atoms with Crippen LogP contribution < -0.4 is 0 Å². The van der Waals surface area contributed by atoms with Gasteiger partial charge in [-0.25, -0.2) is 4.98 Å². The fourth-order valence-electron chi connectivity index (χ4n) is 2.49. The predicted molar refractivity (Wildman–Crippen MR) is 100 cm³/mol. The van der Waals surface area contributed by atoms with Crippen LogP contribution in [-0.4, -0.2) is 15.4 Å². The van der Waals surface area contributed by atoms with Crippen molar-refractivity contribution in [2.45, 2.75) is 19.4 Å². The Morgan fingerprint density at radius 3 is 2.81 bits per heavy atom. The maximum absolute atomic E-state index is 6.08. The van der Waals surface area contributed by atoms with E-state index in [0.717, 1.165) is 27.6 Å². The first-order valence-corrected chi connectivity index (χ1v) is 9.38. The fourth-order valence-corrected chi connectivity index (χ4v) is 4.24. The summed E-state index contributed by atoms with van der Waals surface area (Å²) in [6, 6.07) is 10.6. The van der Waals surface area contributed by atoms with Crippen molar-refractivity contribution in [3.63, 3.8) is 0 Å². The van der Waals surface area contributed by atoms with Crippen LogP contribution in [0.2, 0.25) is 4.34 Å². The molecular formula is C15H13Cl2IN2S. The summed E-state index contributed by atoms with van der Waals surface area (Å²) in [4.78, 5) is 5.99. The Hall–Kier alpha value is -0.300. The zero-order valence-electron chi connectivity index (χ0n) is 11.3. The molecule has 0 aliphatic carbocycles. The minimum absolute atomic E-state index is 0.200. The van der Waals surface area contributed by atoms with Gasteiger partial charge in [0.25, 0.3) is 0 Å². The van der Waals surface area contributed by atoms with E-state index in [2.05, 4.69) is 58.3 Å². The topological polar surface area (TPSA) is 17.8 Å². The third kappa shape index (κ3) is 3.09. The number of fused-ring (bicyclic) bond motifs is 1. The second-order valence-electron chi connectivity index (χ2n) is 4.79. The molecule has 3 rings (SSSR count). The number of imidazole rings is 1. The Kier molecular flexibility index (Phi) is 4.78. The summed E-state index contributed by atoms with van der Waals surface area (Å²) in [5, 5.41) is 0. The molecule has 0 N–H and O–H groups in total. The van der Waals surface area contributed by atoms with Crippen molar-refractivity contribution in [2.75, 3.05) is 5.88 Å². The molecule has 0 radical (unpaired) electrons. The largest absolute Gasteiger partial charge is 0.320 e. The molecule has 0 aliphatic heterocycles. The van der Waals surface area contributed by atoms with Gasteiger partial charge in [-0.1, -0.05) is 11.6 Å². The maximum atomic E-state index is 6.08. The number of thiophene rings is 1. The number of rotatable bonds is 4. The van der Waals surface area contributed by atoms with Crippen LogP contribution >= 0.6 is 57.1 Å². The average Bonchev–Trinajstić information content (AvgIpc) is 3.01. The Morgan fingerprint density at radius 2 is 2.14 bits per heavy atom. The molecule has 3 aromatic rings. The summed E-state index contributed by atoms with van der Waals surface area (Å²) < 4.78 is 4.28. The SMILES string of the molecule is CC(c1ccc(Cl)s1)n1c(CCCl)nc2cc(I)ccc21. The molecule has 0 aliphatic rings. The zero-order valence-corrected chi connectivity index (χ0v) is 15.8. The van der Waals surface area contributed by atoms with Gasteiger partial charge in [0.2, 0.25) is 0 Å². The smallest absolute Gasteiger partial charge is 0.111 e. The molecule has 2 heterocycles. The van der Waals surface area contributed by atoms with Gasteiger partial charge < -0.3 is 4.57 Å². The molecule has 2 aromatic heterocycles. The highest BCUT2D eigenvalue weighted by atomic mass is 127. The Bertz CT molecular complexity index is 781. The first kappa shape index (κ1) is 15.6. The van der Waals surface area contributed by atoms with Crippen molar-refractivity contribution in [3.05, 3.63) is 48.9 Å². The molecule has 1 aromatic carbocycles. The summed E-state index contributed by atoms with van der Waals surface area (Å²) in [6.07, 6.45) is 0.760. The molecule has 1 unspecified atom stereocenters. The summed E-state index contributed by atoms with van der Waals surface area (Å²) in [5.74, 6) is 1.59. The Morgan fingerprint density at radius 1 is 1.33 bits per heavy atom. The van der Waals surface area contributed by atoms with E-state index in [1.54, 1.807) is 11.3 Å². The van der Waals surface area contributed by atoms with E-state index < -0.39 is 0 Å². The van der Waals surface area contributed by atoms with Gasteiger partial charge in [-0.05, 0) is 59.8 Å². The first-order chi connectivity index (χ1) is 10.1. The summed E-state index contributed by atoms with van der Waals surface area (Å²) in [5.41, 5.74) is 2.17. The summed E-state index contributed by atoms with van der Waals surface area (Å²) >= 11 is 16.0. The standard InChI is InChI=1S/C15H13Cl2IN2S/c1-9(13-4-5-14(17)21-13)20-12-3-2-10(18)8-11(12)19-15(20)6-7-16/h2-5,8-9H,6-7H2,1H3. The molecule has 0 saturated heterocycles. The van der Waals surface area contributed by atoms with E-state index >= 15 is 0 Å². The number of nitrogens with zero attached hydrogens (tertiary/aromatic N) is 2. The molecule has 0 bridgehead atoms. The van der Waals surface area contributed by atoms with Gasteiger partial charge >= 0.3 is 0 Å². The molecular weight excluding hydrogens is 438 g/mol. The lowest BCUT2D eigenvalue weighted by Crippen LogP contribution is -2.10. The molecule has 0 fully saturated rings. The molecule has 0 amide bonds. The molecule has 0 saturated carbocycles. The van der Waals surface area contributed by atoms with E-state index in [4.69, 9.17) is 28.2 Å². The number of halogens is 3. The zero-order chi connectivity index (χ0) is 15.0. The molecule has 0 spiro atoms. The van der Waals surface area contributed by atoms with Crippen molar-refractivity contribution in [3.8, 4) is 0 Å². The normalized spacial score (nSPS) is 13.0. The number of alkyl halides is 1. The van der Waals surface area contributed by atoms with Crippen molar-refractivity contribution in [1.82, 2.24) is 9.55 Å². The van der Waals surface area contributed by atoms with Crippen LogP contribution in [-0.2, 0) is 6.42 Å². The van der Waals surface area contributed by atoms with Gasteiger partial charge in [0.15, 0.2) is 0 Å². The molecule has 2 nitrogen and oxygen atoms in total. The Balaban J connectivity index is 2.16. The van der Waals surface area contributed by atoms with Crippen LogP contribution in [0.3, 0.4) is 0 Å². The van der Waals surface area contributed by atoms with Gasteiger partial charge in [0.05, 0.1) is 21.4 Å². The molecule has 110 valence electrons. The van der Waals surface area contributed by atoms with E-state index in [1.807, 2.05) is 6.07 Å². The summed E-state index contributed by atoms with van der Waals surface area (Å²) in [7, 11) is 0. The van der Waals surface area contributed by atoms with E-state index in [1.165, 1.54) is 8.45 Å². The monoisotopic (exact) mass is 450 g/mol. The molecule has 6 heteroatoms. The van der Waals surface area contributed by atoms with E-state index in [-0.39, 0.29) is 6.04 Å². The van der Waals surface area contributed by atoms with Gasteiger partial charge in [-0.15, -0.1) is 22.9 Å². The number of aromatic nitrogens is 2. The van der Waals surface area contributed by atoms with Crippen LogP contribution in [0.25, 0.3) is 11.0 Å². The van der Waals surface area contributed by atoms with Crippen molar-refractivity contribution in [2.24, 2.45) is 0 Å². The predicted octanol–water partition coefficient (Wildman–Crippen LogP) is 5.75. The maximum Gasteiger partial charge on any atom is 0.111 e. The minimum atomic E-state index is 0.200. The minimum Gasteiger partial charge on any atom is -0.320 e. The van der Waals surface area contributed by atoms with Gasteiger partial charge in [0, 0.05) is 20.7 Å². The third-order valence-corrected chi connectivity index (χ3v) is 5.70. The number of benzene rings is 1. The Labute approximate surface area is 151 Å². The van der Waals surface area contributed by atoms with Gasteiger partial charge in [-0.3, -0.25) is 0 Å². The van der Waals surface area contributed by atoms with Crippen LogP contribution in [0.5, 0.6) is 0 Å². The molecule has 21 heavy (non-hydrogen) atoms. The fraction of sp³-hybridized carbons (Fsp3) is 0.267. The highest BCUT2D eigenvalue weighted by Gasteiger charge is 2.18. The van der Waals surface area contributed by atoms with Crippen molar-refractivity contribution < 1.29 is 0 Å². The van der Waals surface area contributed by atoms with Crippen molar-refractivity contribution in [1.29, 1.82) is 0 Å². The second-order valence-corrected chi connectivity index (χ2v) is 8.16. The highest BCUT2D eigenvalue weighted by molar-refractivity contribution is 14.1. The summed E-state index contributed by atoms with van der Waals surface area (Å²) in [6.45, 7) is 2.18. The van der Waals surface area contributed by atoms with E-state index in [0.29, 0.717) is 5.88 Å². The number of hydrogen-bond acceptors (Lipinski definition) is 2. The average molecular weight is 451 g/mol. The number of aryl methyl sites for hydroxylation is 1. The number of hydrogen-bond donors (Lipinski definition) is 0. The lowest BCUT2D eigenvalue weighted by molar-refractivity contribution is 0.633. The van der Waals surface area contributed by atoms with Crippen LogP contribution in [0, 0.1) is 3.57 Å². The van der Waals surface area contributed by atoms with E-state index in [9.17, 15) is 0 Å². The van der Waals surface area contributed by atoms with Gasteiger partial charge in [-0.2, -0.15) is 0 Å². The van der Waals surface area contributed by atoms with Crippen molar-refractivity contribution >= 4 is 68.2 Å². The highest BCUT2D eigenvalue weighted by Crippen LogP contribution is 2.32. The molecule has 1 atom stereocenters. The second kappa shape index (κ2) is 6.44. The van der Waals surface area contributed by atoms with Crippen LogP contribution in [0.4, 0.5) is 0 Å². The first-order valence-electron chi connectivity index (χ1n) is 6.57. The lowest BCUT2D eigenvalue weighted by Gasteiger charge is -2.16. The quantitative estimate of drug-likeness (QED) is 0.365. The third-order valence-electron chi connectivity index (χ3n) is 3.44. The lowest BCUT2D eigenvalue weighted by atomic mass is 10.2. The van der Waals surface area contributed by atoms with Gasteiger partial charge in [0.1, 0.15) is 5.82 Å². The van der Waals surface area contributed by atoms with Crippen LogP contribution in [0.15, 0.2) is 30.3 Å².